The molecule has 0 heterocycles. The third kappa shape index (κ3) is 5.69. The van der Waals surface area contributed by atoms with Gasteiger partial charge in [-0.25, -0.2) is 8.42 Å². The third-order valence-corrected chi connectivity index (χ3v) is 6.33. The summed E-state index contributed by atoms with van der Waals surface area (Å²) in [5.74, 6) is 0.148. The average Bonchev–Trinajstić information content (AvgIpc) is 2.67. The monoisotopic (exact) mass is 410 g/mol. The number of rotatable bonds is 9. The Balaban J connectivity index is 1.89. The summed E-state index contributed by atoms with van der Waals surface area (Å²) in [7, 11) is -3.48. The van der Waals surface area contributed by atoms with Gasteiger partial charge in [0.05, 0.1) is 9.92 Å². The van der Waals surface area contributed by atoms with Crippen molar-refractivity contribution in [2.75, 3.05) is 19.7 Å². The Kier molecular flexibility index (Phi) is 7.65. The number of nitrogens with one attached hydrogen (secondary N) is 1. The van der Waals surface area contributed by atoms with Crippen LogP contribution in [-0.2, 0) is 21.4 Å². The summed E-state index contributed by atoms with van der Waals surface area (Å²) in [5, 5.41) is 3.17. The molecule has 146 valence electrons. The van der Waals surface area contributed by atoms with E-state index >= 15 is 0 Å². The average molecular weight is 411 g/mol. The maximum atomic E-state index is 12.4. The third-order valence-electron chi connectivity index (χ3n) is 3.95. The first-order chi connectivity index (χ1) is 12.9. The molecule has 0 saturated carbocycles. The molecule has 8 heteroatoms. The molecule has 0 aliphatic rings. The first kappa shape index (κ1) is 21.2. The lowest BCUT2D eigenvalue weighted by Crippen LogP contribution is -2.30. The van der Waals surface area contributed by atoms with Crippen LogP contribution in [0.1, 0.15) is 19.4 Å². The number of benzene rings is 2. The molecule has 0 aliphatic heterocycles. The second-order valence-electron chi connectivity index (χ2n) is 5.73. The van der Waals surface area contributed by atoms with Crippen molar-refractivity contribution < 1.29 is 17.9 Å². The SMILES string of the molecule is CCN(CC)S(=O)(=O)c1ccc(CNC(=O)COc2ccccc2Cl)cc1. The zero-order valence-electron chi connectivity index (χ0n) is 15.3. The molecule has 2 rings (SSSR count). The molecule has 0 unspecified atom stereocenters. The number of carbonyl (C=O) groups excluding carboxylic acids is 1. The molecular weight excluding hydrogens is 388 g/mol. The predicted molar refractivity (Wildman–Crippen MR) is 105 cm³/mol. The number of sulfonamides is 1. The van der Waals surface area contributed by atoms with E-state index in [2.05, 4.69) is 5.32 Å². The quantitative estimate of drug-likeness (QED) is 0.689. The minimum absolute atomic E-state index is 0.155. The normalized spacial score (nSPS) is 11.4. The zero-order chi connectivity index (χ0) is 19.9. The molecule has 2 aromatic carbocycles. The molecule has 0 aromatic heterocycles. The van der Waals surface area contributed by atoms with Gasteiger partial charge in [0.25, 0.3) is 5.91 Å². The Labute approximate surface area is 165 Å². The Morgan fingerprint density at radius 2 is 1.70 bits per heavy atom. The van der Waals surface area contributed by atoms with E-state index in [4.69, 9.17) is 16.3 Å². The molecule has 2 aromatic rings. The van der Waals surface area contributed by atoms with E-state index < -0.39 is 10.0 Å². The highest BCUT2D eigenvalue weighted by Gasteiger charge is 2.21. The summed E-state index contributed by atoms with van der Waals surface area (Å²) in [5.41, 5.74) is 0.791. The number of ether oxygens (including phenoxy) is 1. The molecule has 0 saturated heterocycles. The summed E-state index contributed by atoms with van der Waals surface area (Å²) in [6.07, 6.45) is 0. The smallest absolute Gasteiger partial charge is 0.258 e. The number of hydrogen-bond donors (Lipinski definition) is 1. The van der Waals surface area contributed by atoms with Gasteiger partial charge >= 0.3 is 0 Å². The van der Waals surface area contributed by atoms with E-state index in [1.165, 1.54) is 4.31 Å². The second kappa shape index (κ2) is 9.73. The van der Waals surface area contributed by atoms with E-state index in [0.717, 1.165) is 5.56 Å². The lowest BCUT2D eigenvalue weighted by molar-refractivity contribution is -0.123. The maximum absolute atomic E-state index is 12.4. The molecule has 0 radical (unpaired) electrons. The highest BCUT2D eigenvalue weighted by atomic mass is 35.5. The van der Waals surface area contributed by atoms with Gasteiger partial charge in [0.1, 0.15) is 5.75 Å². The van der Waals surface area contributed by atoms with Crippen LogP contribution in [0.25, 0.3) is 0 Å². The van der Waals surface area contributed by atoms with Crippen LogP contribution in [-0.4, -0.2) is 38.3 Å². The van der Waals surface area contributed by atoms with Crippen LogP contribution >= 0.6 is 11.6 Å². The minimum atomic E-state index is -3.48. The van der Waals surface area contributed by atoms with Gasteiger partial charge in [-0.15, -0.1) is 0 Å². The number of amides is 1. The number of hydrogen-bond acceptors (Lipinski definition) is 4. The first-order valence-electron chi connectivity index (χ1n) is 8.61. The van der Waals surface area contributed by atoms with E-state index in [9.17, 15) is 13.2 Å². The van der Waals surface area contributed by atoms with Crippen LogP contribution < -0.4 is 10.1 Å². The van der Waals surface area contributed by atoms with Crippen LogP contribution in [0.2, 0.25) is 5.02 Å². The van der Waals surface area contributed by atoms with E-state index in [1.54, 1.807) is 62.4 Å². The molecule has 1 amide bonds. The molecule has 6 nitrogen and oxygen atoms in total. The van der Waals surface area contributed by atoms with E-state index in [1.807, 2.05) is 0 Å². The highest BCUT2D eigenvalue weighted by Crippen LogP contribution is 2.22. The Bertz CT molecular complexity index is 866. The Hall–Kier alpha value is -2.09. The molecule has 1 N–H and O–H groups in total. The van der Waals surface area contributed by atoms with Gasteiger partial charge < -0.3 is 10.1 Å². The van der Waals surface area contributed by atoms with Crippen molar-refractivity contribution >= 4 is 27.5 Å². The standard InChI is InChI=1S/C19H23ClN2O4S/c1-3-22(4-2)27(24,25)16-11-9-15(10-12-16)13-21-19(23)14-26-18-8-6-5-7-17(18)20/h5-12H,3-4,13-14H2,1-2H3,(H,21,23). The largest absolute Gasteiger partial charge is 0.482 e. The van der Waals surface area contributed by atoms with Crippen molar-refractivity contribution in [3.63, 3.8) is 0 Å². The molecule has 0 fully saturated rings. The number of nitrogens with zero attached hydrogens (tertiary/aromatic N) is 1. The summed E-state index contributed by atoms with van der Waals surface area (Å²) >= 11 is 5.97. The Morgan fingerprint density at radius 3 is 2.30 bits per heavy atom. The minimum Gasteiger partial charge on any atom is -0.482 e. The molecule has 0 aliphatic carbocycles. The van der Waals surface area contributed by atoms with Gasteiger partial charge in [-0.2, -0.15) is 4.31 Å². The zero-order valence-corrected chi connectivity index (χ0v) is 16.9. The van der Waals surface area contributed by atoms with Crippen molar-refractivity contribution in [3.8, 4) is 5.75 Å². The van der Waals surface area contributed by atoms with Crippen LogP contribution in [0.3, 0.4) is 0 Å². The highest BCUT2D eigenvalue weighted by molar-refractivity contribution is 7.89. The van der Waals surface area contributed by atoms with Gasteiger partial charge in [0.15, 0.2) is 6.61 Å². The molecule has 27 heavy (non-hydrogen) atoms. The van der Waals surface area contributed by atoms with Crippen LogP contribution in [0.15, 0.2) is 53.4 Å². The van der Waals surface area contributed by atoms with Crippen molar-refractivity contribution in [1.29, 1.82) is 0 Å². The van der Waals surface area contributed by atoms with Crippen molar-refractivity contribution in [3.05, 3.63) is 59.1 Å². The maximum Gasteiger partial charge on any atom is 0.258 e. The first-order valence-corrected chi connectivity index (χ1v) is 10.4. The van der Waals surface area contributed by atoms with Crippen molar-refractivity contribution in [2.24, 2.45) is 0 Å². The fraction of sp³-hybridized carbons (Fsp3) is 0.316. The fourth-order valence-electron chi connectivity index (χ4n) is 2.45. The summed E-state index contributed by atoms with van der Waals surface area (Å²) in [6.45, 7) is 4.56. The van der Waals surface area contributed by atoms with Gasteiger partial charge in [0, 0.05) is 19.6 Å². The van der Waals surface area contributed by atoms with E-state index in [0.29, 0.717) is 23.9 Å². The lowest BCUT2D eigenvalue weighted by atomic mass is 10.2. The topological polar surface area (TPSA) is 75.7 Å². The van der Waals surface area contributed by atoms with E-state index in [-0.39, 0.29) is 24.0 Å². The van der Waals surface area contributed by atoms with Gasteiger partial charge in [-0.1, -0.05) is 49.7 Å². The molecule has 0 atom stereocenters. The molecule has 0 bridgehead atoms. The molecular formula is C19H23ClN2O4S. The van der Waals surface area contributed by atoms with Crippen molar-refractivity contribution in [1.82, 2.24) is 9.62 Å². The van der Waals surface area contributed by atoms with Crippen LogP contribution in [0, 0.1) is 0 Å². The summed E-state index contributed by atoms with van der Waals surface area (Å²) < 4.78 is 31.7. The Morgan fingerprint density at radius 1 is 1.07 bits per heavy atom. The van der Waals surface area contributed by atoms with Crippen LogP contribution in [0.5, 0.6) is 5.75 Å². The van der Waals surface area contributed by atoms with Gasteiger partial charge in [-0.05, 0) is 29.8 Å². The fourth-order valence-corrected chi connectivity index (χ4v) is 4.10. The number of carbonyl (C=O) groups is 1. The number of halogens is 1. The predicted octanol–water partition coefficient (Wildman–Crippen LogP) is 3.07. The summed E-state index contributed by atoms with van der Waals surface area (Å²) in [4.78, 5) is 12.2. The van der Waals surface area contributed by atoms with Gasteiger partial charge in [0.2, 0.25) is 10.0 Å². The lowest BCUT2D eigenvalue weighted by Gasteiger charge is -2.18. The van der Waals surface area contributed by atoms with Gasteiger partial charge in [-0.3, -0.25) is 4.79 Å². The number of para-hydroxylation sites is 1. The van der Waals surface area contributed by atoms with Crippen molar-refractivity contribution in [2.45, 2.75) is 25.3 Å². The second-order valence-corrected chi connectivity index (χ2v) is 8.07. The summed E-state index contributed by atoms with van der Waals surface area (Å²) in [6, 6.07) is 13.4. The molecule has 0 spiro atoms. The van der Waals surface area contributed by atoms with Crippen LogP contribution in [0.4, 0.5) is 0 Å².